The van der Waals surface area contributed by atoms with Crippen molar-refractivity contribution in [3.8, 4) is 0 Å². The number of hydrogen-bond donors (Lipinski definition) is 0. The van der Waals surface area contributed by atoms with Gasteiger partial charge in [-0.05, 0) is 5.92 Å². The molecule has 0 aromatic heterocycles. The Bertz CT molecular complexity index is 134. The summed E-state index contributed by atoms with van der Waals surface area (Å²) in [6.45, 7) is 4.04. The van der Waals surface area contributed by atoms with Gasteiger partial charge in [-0.1, -0.05) is 13.8 Å². The van der Waals surface area contributed by atoms with Gasteiger partial charge < -0.3 is 4.74 Å². The number of alkyl halides is 2. The molecule has 0 N–H and O–H groups in total. The zero-order chi connectivity index (χ0) is 8.48. The molecule has 1 atom stereocenters. The maximum Gasteiger partial charge on any atom is 0.255 e. The van der Waals surface area contributed by atoms with Gasteiger partial charge in [0.25, 0.3) is 5.92 Å². The lowest BCUT2D eigenvalue weighted by Crippen LogP contribution is -2.40. The first-order valence-electron chi connectivity index (χ1n) is 3.99. The summed E-state index contributed by atoms with van der Waals surface area (Å²) in [4.78, 5) is 0. The second-order valence-corrected chi connectivity index (χ2v) is 3.44. The number of rotatable bonds is 1. The van der Waals surface area contributed by atoms with Gasteiger partial charge in [0.2, 0.25) is 0 Å². The molecule has 0 aromatic carbocycles. The molecule has 1 nitrogen and oxygen atoms in total. The van der Waals surface area contributed by atoms with Crippen LogP contribution in [0.1, 0.15) is 20.3 Å². The Kier molecular flexibility index (Phi) is 2.47. The zero-order valence-electron chi connectivity index (χ0n) is 6.94. The van der Waals surface area contributed by atoms with Crippen molar-refractivity contribution < 1.29 is 13.5 Å². The molecule has 3 heteroatoms. The maximum atomic E-state index is 13.0. The summed E-state index contributed by atoms with van der Waals surface area (Å²) in [6.07, 6.45) is -0.115. The SMILES string of the molecule is CC(C)C1COCCC1(F)F. The Morgan fingerprint density at radius 2 is 2.09 bits per heavy atom. The molecule has 11 heavy (non-hydrogen) atoms. The summed E-state index contributed by atoms with van der Waals surface area (Å²) >= 11 is 0. The average Bonchev–Trinajstić information content (AvgIpc) is 1.85. The van der Waals surface area contributed by atoms with Crippen molar-refractivity contribution in [1.29, 1.82) is 0 Å². The van der Waals surface area contributed by atoms with Crippen LogP contribution >= 0.6 is 0 Å². The molecule has 1 saturated heterocycles. The van der Waals surface area contributed by atoms with Gasteiger partial charge >= 0.3 is 0 Å². The Morgan fingerprint density at radius 1 is 1.45 bits per heavy atom. The fourth-order valence-electron chi connectivity index (χ4n) is 1.41. The summed E-state index contributed by atoms with van der Waals surface area (Å²) in [5.41, 5.74) is 0. The lowest BCUT2D eigenvalue weighted by Gasteiger charge is -2.33. The van der Waals surface area contributed by atoms with Crippen LogP contribution in [0.25, 0.3) is 0 Å². The summed E-state index contributed by atoms with van der Waals surface area (Å²) in [6, 6.07) is 0. The topological polar surface area (TPSA) is 9.23 Å². The van der Waals surface area contributed by atoms with E-state index < -0.39 is 11.8 Å². The van der Waals surface area contributed by atoms with E-state index in [2.05, 4.69) is 0 Å². The molecule has 0 radical (unpaired) electrons. The van der Waals surface area contributed by atoms with Gasteiger partial charge in [-0.25, -0.2) is 8.78 Å². The van der Waals surface area contributed by atoms with Gasteiger partial charge in [0.15, 0.2) is 0 Å². The van der Waals surface area contributed by atoms with Gasteiger partial charge in [-0.15, -0.1) is 0 Å². The standard InChI is InChI=1S/C8H14F2O/c1-6(2)7-5-11-4-3-8(7,9)10/h6-7H,3-5H2,1-2H3. The number of ether oxygens (including phenoxy) is 1. The van der Waals surface area contributed by atoms with Crippen molar-refractivity contribution >= 4 is 0 Å². The van der Waals surface area contributed by atoms with Crippen LogP contribution in [0, 0.1) is 11.8 Å². The number of hydrogen-bond acceptors (Lipinski definition) is 1. The van der Waals surface area contributed by atoms with Gasteiger partial charge in [0, 0.05) is 12.3 Å². The van der Waals surface area contributed by atoms with Crippen molar-refractivity contribution in [3.05, 3.63) is 0 Å². The van der Waals surface area contributed by atoms with E-state index >= 15 is 0 Å². The third kappa shape index (κ3) is 1.89. The first-order valence-corrected chi connectivity index (χ1v) is 3.99. The molecule has 0 spiro atoms. The Morgan fingerprint density at radius 3 is 2.45 bits per heavy atom. The molecule has 1 aliphatic heterocycles. The largest absolute Gasteiger partial charge is 0.381 e. The van der Waals surface area contributed by atoms with E-state index in [9.17, 15) is 8.78 Å². The lowest BCUT2D eigenvalue weighted by atomic mass is 9.87. The third-order valence-electron chi connectivity index (χ3n) is 2.22. The summed E-state index contributed by atoms with van der Waals surface area (Å²) in [5, 5.41) is 0. The van der Waals surface area contributed by atoms with Crippen molar-refractivity contribution in [2.75, 3.05) is 13.2 Å². The second kappa shape index (κ2) is 3.05. The highest BCUT2D eigenvalue weighted by atomic mass is 19.3. The lowest BCUT2D eigenvalue weighted by molar-refractivity contribution is -0.154. The molecule has 1 heterocycles. The molecule has 1 rings (SSSR count). The van der Waals surface area contributed by atoms with Gasteiger partial charge in [0.05, 0.1) is 13.2 Å². The van der Waals surface area contributed by atoms with E-state index in [4.69, 9.17) is 4.74 Å². The maximum absolute atomic E-state index is 13.0. The van der Waals surface area contributed by atoms with Crippen molar-refractivity contribution in [2.45, 2.75) is 26.2 Å². The average molecular weight is 164 g/mol. The minimum absolute atomic E-state index is 0.00491. The highest BCUT2D eigenvalue weighted by molar-refractivity contribution is 4.82. The highest BCUT2D eigenvalue weighted by Gasteiger charge is 2.43. The van der Waals surface area contributed by atoms with Crippen LogP contribution in [-0.4, -0.2) is 19.1 Å². The van der Waals surface area contributed by atoms with Crippen LogP contribution in [0.5, 0.6) is 0 Å². The van der Waals surface area contributed by atoms with E-state index in [1.807, 2.05) is 13.8 Å². The van der Waals surface area contributed by atoms with Crippen LogP contribution in [0.15, 0.2) is 0 Å². The highest BCUT2D eigenvalue weighted by Crippen LogP contribution is 2.36. The Labute approximate surface area is 65.7 Å². The van der Waals surface area contributed by atoms with Gasteiger partial charge in [0.1, 0.15) is 0 Å². The van der Waals surface area contributed by atoms with Crippen LogP contribution in [0.2, 0.25) is 0 Å². The molecule has 66 valence electrons. The summed E-state index contributed by atoms with van der Waals surface area (Å²) in [7, 11) is 0. The first-order chi connectivity index (χ1) is 5.04. The second-order valence-electron chi connectivity index (χ2n) is 3.44. The molecule has 0 aliphatic carbocycles. The smallest absolute Gasteiger partial charge is 0.255 e. The van der Waals surface area contributed by atoms with Crippen molar-refractivity contribution in [3.63, 3.8) is 0 Å². The molecule has 1 fully saturated rings. The molecule has 1 aliphatic rings. The van der Waals surface area contributed by atoms with E-state index in [1.165, 1.54) is 0 Å². The molecule has 0 amide bonds. The summed E-state index contributed by atoms with van der Waals surface area (Å²) in [5.74, 6) is -3.09. The first kappa shape index (κ1) is 8.91. The van der Waals surface area contributed by atoms with Crippen molar-refractivity contribution in [1.82, 2.24) is 0 Å². The van der Waals surface area contributed by atoms with Crippen LogP contribution in [0.4, 0.5) is 8.78 Å². The van der Waals surface area contributed by atoms with E-state index in [-0.39, 0.29) is 25.6 Å². The predicted molar refractivity (Wildman–Crippen MR) is 38.7 cm³/mol. The molecule has 1 unspecified atom stereocenters. The molecule has 0 saturated carbocycles. The molecule has 0 bridgehead atoms. The fourth-order valence-corrected chi connectivity index (χ4v) is 1.41. The molecular weight excluding hydrogens is 150 g/mol. The Balaban J connectivity index is 2.60. The van der Waals surface area contributed by atoms with Crippen LogP contribution in [0.3, 0.4) is 0 Å². The van der Waals surface area contributed by atoms with Gasteiger partial charge in [-0.3, -0.25) is 0 Å². The summed E-state index contributed by atoms with van der Waals surface area (Å²) < 4.78 is 31.1. The van der Waals surface area contributed by atoms with E-state index in [1.54, 1.807) is 0 Å². The predicted octanol–water partition coefficient (Wildman–Crippen LogP) is 2.31. The fraction of sp³-hybridized carbons (Fsp3) is 1.00. The third-order valence-corrected chi connectivity index (χ3v) is 2.22. The monoisotopic (exact) mass is 164 g/mol. The van der Waals surface area contributed by atoms with E-state index in [0.29, 0.717) is 0 Å². The molecule has 0 aromatic rings. The van der Waals surface area contributed by atoms with E-state index in [0.717, 1.165) is 0 Å². The minimum Gasteiger partial charge on any atom is -0.381 e. The quantitative estimate of drug-likeness (QED) is 0.578. The Hall–Kier alpha value is -0.180. The van der Waals surface area contributed by atoms with Gasteiger partial charge in [-0.2, -0.15) is 0 Å². The zero-order valence-corrected chi connectivity index (χ0v) is 6.94. The number of halogens is 2. The van der Waals surface area contributed by atoms with Crippen molar-refractivity contribution in [2.24, 2.45) is 11.8 Å². The minimum atomic E-state index is -2.51. The van der Waals surface area contributed by atoms with Crippen LogP contribution in [-0.2, 0) is 4.74 Å². The van der Waals surface area contributed by atoms with Crippen LogP contribution < -0.4 is 0 Å². The molecular formula is C8H14F2O. The normalized spacial score (nSPS) is 30.8.